The second-order valence-electron chi connectivity index (χ2n) is 2.83. The van der Waals surface area contributed by atoms with E-state index in [1.165, 1.54) is 0 Å². The molecule has 0 spiro atoms. The molecule has 11 heavy (non-hydrogen) atoms. The molecule has 0 amide bonds. The van der Waals surface area contributed by atoms with Crippen molar-refractivity contribution in [1.82, 2.24) is 0 Å². The van der Waals surface area contributed by atoms with E-state index in [0.717, 1.165) is 6.42 Å². The van der Waals surface area contributed by atoms with Crippen LogP contribution in [0.3, 0.4) is 0 Å². The van der Waals surface area contributed by atoms with Crippen LogP contribution >= 0.6 is 0 Å². The lowest BCUT2D eigenvalue weighted by atomic mass is 10.2. The zero-order chi connectivity index (χ0) is 8.85. The lowest BCUT2D eigenvalue weighted by Gasteiger charge is -2.08. The van der Waals surface area contributed by atoms with E-state index >= 15 is 0 Å². The maximum atomic E-state index is 11.2. The topological polar surface area (TPSA) is 40.9 Å². The van der Waals surface area contributed by atoms with Gasteiger partial charge in [0.2, 0.25) is 0 Å². The Morgan fingerprint density at radius 3 is 2.45 bits per heavy atom. The van der Waals surface area contributed by atoms with Gasteiger partial charge in [-0.15, -0.1) is 0 Å². The molecule has 3 heteroatoms. The molecule has 0 saturated heterocycles. The fourth-order valence-electron chi connectivity index (χ4n) is 0.601. The fraction of sp³-hybridized carbons (Fsp3) is 0.875. The first-order chi connectivity index (χ1) is 5.11. The molecule has 0 heterocycles. The van der Waals surface area contributed by atoms with Gasteiger partial charge in [0.15, 0.2) is 0 Å². The van der Waals surface area contributed by atoms with Crippen molar-refractivity contribution < 1.29 is 4.21 Å². The lowest BCUT2D eigenvalue weighted by molar-refractivity contribution is 0.614. The van der Waals surface area contributed by atoms with Crippen molar-refractivity contribution in [3.05, 3.63) is 0 Å². The second kappa shape index (κ2) is 5.31. The van der Waals surface area contributed by atoms with Crippen LogP contribution in [0.4, 0.5) is 0 Å². The Bertz CT molecular complexity index is 173. The van der Waals surface area contributed by atoms with Crippen molar-refractivity contribution in [2.24, 2.45) is 5.92 Å². The summed E-state index contributed by atoms with van der Waals surface area (Å²) >= 11 is 0. The van der Waals surface area contributed by atoms with Crippen LogP contribution in [0.1, 0.15) is 27.2 Å². The second-order valence-corrected chi connectivity index (χ2v) is 4.63. The Balaban J connectivity index is 3.80. The van der Waals surface area contributed by atoms with Crippen LogP contribution in [-0.4, -0.2) is 15.2 Å². The molecule has 0 rings (SSSR count). The highest BCUT2D eigenvalue weighted by atomic mass is 32.2. The summed E-state index contributed by atoms with van der Waals surface area (Å²) in [7, 11) is -0.956. The van der Waals surface area contributed by atoms with Gasteiger partial charge in [-0.2, -0.15) is 5.26 Å². The van der Waals surface area contributed by atoms with Crippen molar-refractivity contribution in [3.63, 3.8) is 0 Å². The normalized spacial score (nSPS) is 18.4. The third kappa shape index (κ3) is 4.15. The van der Waals surface area contributed by atoms with Crippen molar-refractivity contribution in [2.75, 3.05) is 5.75 Å². The summed E-state index contributed by atoms with van der Waals surface area (Å²) in [5, 5.41) is 8.13. The molecule has 0 aliphatic carbocycles. The van der Waals surface area contributed by atoms with E-state index in [2.05, 4.69) is 13.8 Å². The zero-order valence-corrected chi connectivity index (χ0v) is 8.15. The predicted octanol–water partition coefficient (Wildman–Crippen LogP) is 1.69. The molecule has 0 fully saturated rings. The molecular weight excluding hydrogens is 158 g/mol. The summed E-state index contributed by atoms with van der Waals surface area (Å²) in [6.45, 7) is 5.83. The van der Waals surface area contributed by atoms with Gasteiger partial charge in [0, 0.05) is 16.6 Å². The Labute approximate surface area is 71.1 Å². The van der Waals surface area contributed by atoms with Crippen molar-refractivity contribution in [1.29, 1.82) is 5.26 Å². The van der Waals surface area contributed by atoms with Gasteiger partial charge in [0.25, 0.3) is 0 Å². The Morgan fingerprint density at radius 1 is 1.55 bits per heavy atom. The minimum absolute atomic E-state index is 0.316. The van der Waals surface area contributed by atoms with E-state index in [1.54, 1.807) is 6.92 Å². The first kappa shape index (κ1) is 10.6. The maximum absolute atomic E-state index is 11.2. The molecule has 0 aromatic heterocycles. The molecule has 0 saturated carbocycles. The summed E-state index contributed by atoms with van der Waals surface area (Å²) in [4.78, 5) is 0. The molecule has 0 N–H and O–H groups in total. The predicted molar refractivity (Wildman–Crippen MR) is 47.5 cm³/mol. The standard InChI is InChI=1S/C8H15NOS/c1-4-7(2)6-11(10)8(3)5-9/h7-8H,4,6H2,1-3H3. The summed E-state index contributed by atoms with van der Waals surface area (Å²) in [5.41, 5.74) is 0. The van der Waals surface area contributed by atoms with Crippen LogP contribution in [0.25, 0.3) is 0 Å². The minimum atomic E-state index is -0.956. The summed E-state index contributed by atoms with van der Waals surface area (Å²) < 4.78 is 11.2. The zero-order valence-electron chi connectivity index (χ0n) is 7.33. The van der Waals surface area contributed by atoms with Crippen LogP contribution in [0.5, 0.6) is 0 Å². The number of rotatable bonds is 4. The highest BCUT2D eigenvalue weighted by Crippen LogP contribution is 2.05. The van der Waals surface area contributed by atoms with Crippen LogP contribution in [0.2, 0.25) is 0 Å². The highest BCUT2D eigenvalue weighted by molar-refractivity contribution is 7.85. The average Bonchev–Trinajstić information content (AvgIpc) is 2.02. The van der Waals surface area contributed by atoms with Crippen molar-refractivity contribution >= 4 is 10.8 Å². The first-order valence-electron chi connectivity index (χ1n) is 3.88. The molecule has 0 bridgehead atoms. The number of nitrogens with zero attached hydrogens (tertiary/aromatic N) is 1. The SMILES string of the molecule is CCC(C)CS(=O)C(C)C#N. The molecule has 0 aromatic carbocycles. The summed E-state index contributed by atoms with van der Waals surface area (Å²) in [6, 6.07) is 1.99. The number of nitriles is 1. The van der Waals surface area contributed by atoms with Crippen molar-refractivity contribution in [3.8, 4) is 6.07 Å². The Hall–Kier alpha value is -0.360. The van der Waals surface area contributed by atoms with Crippen LogP contribution in [-0.2, 0) is 10.8 Å². The fourth-order valence-corrected chi connectivity index (χ4v) is 1.80. The molecule has 0 aliphatic rings. The highest BCUT2D eigenvalue weighted by Gasteiger charge is 2.12. The van der Waals surface area contributed by atoms with E-state index in [1.807, 2.05) is 6.07 Å². The molecule has 0 aliphatic heterocycles. The van der Waals surface area contributed by atoms with Gasteiger partial charge >= 0.3 is 0 Å². The minimum Gasteiger partial charge on any atom is -0.258 e. The average molecular weight is 173 g/mol. The van der Waals surface area contributed by atoms with Gasteiger partial charge in [-0.3, -0.25) is 4.21 Å². The third-order valence-corrected chi connectivity index (χ3v) is 3.51. The third-order valence-electron chi connectivity index (χ3n) is 1.72. The molecule has 3 unspecified atom stereocenters. The maximum Gasteiger partial charge on any atom is 0.119 e. The van der Waals surface area contributed by atoms with Gasteiger partial charge in [-0.1, -0.05) is 20.3 Å². The number of hydrogen-bond acceptors (Lipinski definition) is 2. The first-order valence-corrected chi connectivity index (χ1v) is 5.26. The van der Waals surface area contributed by atoms with E-state index in [-0.39, 0.29) is 5.25 Å². The van der Waals surface area contributed by atoms with E-state index in [0.29, 0.717) is 11.7 Å². The Morgan fingerprint density at radius 2 is 2.09 bits per heavy atom. The quantitative estimate of drug-likeness (QED) is 0.649. The van der Waals surface area contributed by atoms with Gasteiger partial charge in [0.1, 0.15) is 5.25 Å². The van der Waals surface area contributed by atoms with Crippen LogP contribution < -0.4 is 0 Å². The Kier molecular flexibility index (Phi) is 5.14. The number of hydrogen-bond donors (Lipinski definition) is 0. The molecule has 3 atom stereocenters. The molecule has 64 valence electrons. The summed E-state index contributed by atoms with van der Waals surface area (Å²) in [5.74, 6) is 1.12. The summed E-state index contributed by atoms with van der Waals surface area (Å²) in [6.07, 6.45) is 1.03. The lowest BCUT2D eigenvalue weighted by Crippen LogP contribution is -2.16. The molecule has 2 nitrogen and oxygen atoms in total. The van der Waals surface area contributed by atoms with E-state index in [9.17, 15) is 4.21 Å². The van der Waals surface area contributed by atoms with Gasteiger partial charge in [0.05, 0.1) is 6.07 Å². The smallest absolute Gasteiger partial charge is 0.119 e. The van der Waals surface area contributed by atoms with Gasteiger partial charge in [-0.05, 0) is 12.8 Å². The van der Waals surface area contributed by atoms with E-state index < -0.39 is 10.8 Å². The van der Waals surface area contributed by atoms with Gasteiger partial charge in [-0.25, -0.2) is 0 Å². The molecule has 0 aromatic rings. The molecule has 0 radical (unpaired) electrons. The van der Waals surface area contributed by atoms with Crippen LogP contribution in [0.15, 0.2) is 0 Å². The van der Waals surface area contributed by atoms with Crippen molar-refractivity contribution in [2.45, 2.75) is 32.4 Å². The van der Waals surface area contributed by atoms with Crippen LogP contribution in [0, 0.1) is 17.2 Å². The largest absolute Gasteiger partial charge is 0.258 e. The molecular formula is C8H15NOS. The van der Waals surface area contributed by atoms with E-state index in [4.69, 9.17) is 5.26 Å². The monoisotopic (exact) mass is 173 g/mol. The van der Waals surface area contributed by atoms with Gasteiger partial charge < -0.3 is 0 Å².